The van der Waals surface area contributed by atoms with Gasteiger partial charge in [0.15, 0.2) is 5.78 Å². The number of hydrogen-bond acceptors (Lipinski definition) is 1. The molecule has 120 valence electrons. The number of rotatable bonds is 2. The fourth-order valence-electron chi connectivity index (χ4n) is 5.34. The van der Waals surface area contributed by atoms with Gasteiger partial charge in [0.05, 0.1) is 10.8 Å². The quantitative estimate of drug-likeness (QED) is 0.574. The van der Waals surface area contributed by atoms with E-state index >= 15 is 0 Å². The predicted octanol–water partition coefficient (Wildman–Crippen LogP) is 5.92. The summed E-state index contributed by atoms with van der Waals surface area (Å²) in [4.78, 5) is 13.1. The van der Waals surface area contributed by atoms with Crippen molar-refractivity contribution in [3.8, 4) is 0 Å². The number of carbonyl (C=O) groups is 1. The van der Waals surface area contributed by atoms with E-state index < -0.39 is 15.2 Å². The molecule has 0 aromatic carbocycles. The van der Waals surface area contributed by atoms with Gasteiger partial charge in [0.2, 0.25) is 0 Å². The minimum atomic E-state index is -0.811. The van der Waals surface area contributed by atoms with Crippen LogP contribution < -0.4 is 0 Å². The Morgan fingerprint density at radius 1 is 1.00 bits per heavy atom. The highest BCUT2D eigenvalue weighted by Crippen LogP contribution is 2.74. The van der Waals surface area contributed by atoms with Crippen LogP contribution in [-0.2, 0) is 4.79 Å². The third kappa shape index (κ3) is 2.06. The summed E-state index contributed by atoms with van der Waals surface area (Å²) in [6, 6.07) is 0. The van der Waals surface area contributed by atoms with Gasteiger partial charge in [-0.15, -0.1) is 0 Å². The average Bonchev–Trinajstić information content (AvgIpc) is 2.48. The van der Waals surface area contributed by atoms with Gasteiger partial charge in [0, 0.05) is 0 Å². The summed E-state index contributed by atoms with van der Waals surface area (Å²) in [5.74, 6) is 1.91. The van der Waals surface area contributed by atoms with E-state index in [1.54, 1.807) is 0 Å². The molecule has 0 N–H and O–H groups in total. The molecule has 0 aromatic rings. The van der Waals surface area contributed by atoms with Gasteiger partial charge in [0.25, 0.3) is 0 Å². The Labute approximate surface area is 139 Å². The normalized spacial score (nSPS) is 45.8. The van der Waals surface area contributed by atoms with Gasteiger partial charge in [-0.1, -0.05) is 49.9 Å². The van der Waals surface area contributed by atoms with Crippen molar-refractivity contribution in [2.24, 2.45) is 22.7 Å². The molecule has 2 spiro atoms. The highest BCUT2D eigenvalue weighted by molar-refractivity contribution is 6.55. The highest BCUT2D eigenvalue weighted by Gasteiger charge is 2.78. The number of ketones is 1. The molecule has 0 unspecified atom stereocenters. The van der Waals surface area contributed by atoms with Crippen LogP contribution in [0.3, 0.4) is 0 Å². The van der Waals surface area contributed by atoms with Crippen LogP contribution in [0, 0.1) is 22.7 Å². The molecule has 0 heterocycles. The minimum Gasteiger partial charge on any atom is -0.298 e. The summed E-state index contributed by atoms with van der Waals surface area (Å²) in [5.41, 5.74) is -0.832. The summed E-state index contributed by atoms with van der Waals surface area (Å²) >= 11 is 13.8. The lowest BCUT2D eigenvalue weighted by molar-refractivity contribution is -0.172. The van der Waals surface area contributed by atoms with Crippen molar-refractivity contribution < 1.29 is 4.79 Å². The molecule has 0 aliphatic heterocycles. The first-order valence-electron chi connectivity index (χ1n) is 8.82. The smallest absolute Gasteiger partial charge is 0.151 e. The van der Waals surface area contributed by atoms with Crippen LogP contribution in [-0.4, -0.2) is 10.1 Å². The van der Waals surface area contributed by atoms with Crippen LogP contribution in [0.5, 0.6) is 0 Å². The SMILES string of the molecule is CCCC1CC[C@]2(CC1)C(=O)[C@@]1(CC[C@@H](C)CC1)C2(Cl)Cl. The maximum absolute atomic E-state index is 13.1. The molecule has 3 aliphatic carbocycles. The number of halogens is 2. The maximum atomic E-state index is 13.1. The Morgan fingerprint density at radius 2 is 1.48 bits per heavy atom. The summed E-state index contributed by atoms with van der Waals surface area (Å²) in [6.45, 7) is 4.51. The number of hydrogen-bond donors (Lipinski definition) is 0. The van der Waals surface area contributed by atoms with Crippen molar-refractivity contribution in [2.75, 3.05) is 0 Å². The Bertz CT molecular complexity index is 413. The molecule has 0 atom stereocenters. The second-order valence-electron chi connectivity index (χ2n) is 7.98. The Balaban J connectivity index is 1.76. The number of carbonyl (C=O) groups excluding carboxylic acids is 1. The van der Waals surface area contributed by atoms with Crippen molar-refractivity contribution in [3.05, 3.63) is 0 Å². The van der Waals surface area contributed by atoms with Crippen LogP contribution >= 0.6 is 23.2 Å². The van der Waals surface area contributed by atoms with Crippen LogP contribution in [0.25, 0.3) is 0 Å². The summed E-state index contributed by atoms with van der Waals surface area (Å²) in [7, 11) is 0. The first-order valence-corrected chi connectivity index (χ1v) is 9.58. The van der Waals surface area contributed by atoms with E-state index in [1.807, 2.05) is 0 Å². The summed E-state index contributed by atoms with van der Waals surface area (Å²) < 4.78 is -0.811. The van der Waals surface area contributed by atoms with Gasteiger partial charge in [-0.25, -0.2) is 0 Å². The highest BCUT2D eigenvalue weighted by atomic mass is 35.5. The van der Waals surface area contributed by atoms with Crippen molar-refractivity contribution in [3.63, 3.8) is 0 Å². The first-order chi connectivity index (χ1) is 9.89. The van der Waals surface area contributed by atoms with E-state index in [0.717, 1.165) is 57.3 Å². The lowest BCUT2D eigenvalue weighted by atomic mass is 9.42. The molecule has 0 amide bonds. The zero-order valence-corrected chi connectivity index (χ0v) is 14.9. The predicted molar refractivity (Wildman–Crippen MR) is 88.8 cm³/mol. The lowest BCUT2D eigenvalue weighted by Crippen LogP contribution is -2.74. The van der Waals surface area contributed by atoms with Crippen LogP contribution in [0.1, 0.15) is 78.1 Å². The zero-order chi connectivity index (χ0) is 15.3. The van der Waals surface area contributed by atoms with Crippen LogP contribution in [0.15, 0.2) is 0 Å². The van der Waals surface area contributed by atoms with Crippen LogP contribution in [0.2, 0.25) is 0 Å². The summed E-state index contributed by atoms with van der Waals surface area (Å²) in [6.07, 6.45) is 10.6. The fraction of sp³-hybridized carbons (Fsp3) is 0.944. The van der Waals surface area contributed by atoms with Gasteiger partial charge in [-0.3, -0.25) is 4.79 Å². The summed E-state index contributed by atoms with van der Waals surface area (Å²) in [5, 5.41) is 0. The second-order valence-corrected chi connectivity index (χ2v) is 9.31. The molecular formula is C18H28Cl2O. The van der Waals surface area contributed by atoms with E-state index in [-0.39, 0.29) is 0 Å². The van der Waals surface area contributed by atoms with Gasteiger partial charge in [-0.05, 0) is 63.2 Å². The molecule has 1 nitrogen and oxygen atoms in total. The van der Waals surface area contributed by atoms with E-state index in [1.165, 1.54) is 12.8 Å². The molecule has 0 radical (unpaired) electrons. The molecule has 0 aromatic heterocycles. The minimum absolute atomic E-state index is 0.416. The molecule has 3 rings (SSSR count). The van der Waals surface area contributed by atoms with Crippen molar-refractivity contribution >= 4 is 29.0 Å². The van der Waals surface area contributed by atoms with E-state index in [4.69, 9.17) is 23.2 Å². The molecule has 21 heavy (non-hydrogen) atoms. The third-order valence-corrected chi connectivity index (χ3v) is 8.30. The van der Waals surface area contributed by atoms with Crippen molar-refractivity contribution in [1.82, 2.24) is 0 Å². The van der Waals surface area contributed by atoms with Crippen molar-refractivity contribution in [2.45, 2.75) is 82.4 Å². The molecular weight excluding hydrogens is 303 g/mol. The van der Waals surface area contributed by atoms with E-state index in [9.17, 15) is 4.79 Å². The van der Waals surface area contributed by atoms with Gasteiger partial charge >= 0.3 is 0 Å². The molecule has 3 saturated carbocycles. The monoisotopic (exact) mass is 330 g/mol. The fourth-order valence-corrected chi connectivity index (χ4v) is 6.44. The number of alkyl halides is 2. The Kier molecular flexibility index (Phi) is 4.15. The third-order valence-electron chi connectivity index (χ3n) is 6.85. The first kappa shape index (κ1) is 16.1. The topological polar surface area (TPSA) is 17.1 Å². The Morgan fingerprint density at radius 3 is 1.90 bits per heavy atom. The van der Waals surface area contributed by atoms with E-state index in [0.29, 0.717) is 11.7 Å². The molecule has 3 aliphatic rings. The average molecular weight is 331 g/mol. The maximum Gasteiger partial charge on any atom is 0.151 e. The molecule has 3 heteroatoms. The largest absolute Gasteiger partial charge is 0.298 e. The van der Waals surface area contributed by atoms with Gasteiger partial charge < -0.3 is 0 Å². The molecule has 0 saturated heterocycles. The number of Topliss-reactive ketones (excluding diaryl/α,β-unsaturated/α-hetero) is 1. The molecule has 0 bridgehead atoms. The zero-order valence-electron chi connectivity index (χ0n) is 13.4. The second kappa shape index (κ2) is 5.41. The van der Waals surface area contributed by atoms with Gasteiger partial charge in [-0.2, -0.15) is 0 Å². The lowest BCUT2D eigenvalue weighted by Gasteiger charge is -2.67. The molecule has 3 fully saturated rings. The van der Waals surface area contributed by atoms with Crippen molar-refractivity contribution in [1.29, 1.82) is 0 Å². The Hall–Kier alpha value is 0.250. The standard InChI is InChI=1S/C18H28Cl2O/c1-3-4-14-7-11-17(12-8-14)15(21)16(18(17,19)20)9-5-13(2)6-10-16/h13-14H,3-12H2,1-2H3/t13-,14?,16+,17-. The van der Waals surface area contributed by atoms with Gasteiger partial charge in [0.1, 0.15) is 4.33 Å². The van der Waals surface area contributed by atoms with Crippen LogP contribution in [0.4, 0.5) is 0 Å². The van der Waals surface area contributed by atoms with E-state index in [2.05, 4.69) is 13.8 Å².